The molecule has 1 N–H and O–H groups in total. The van der Waals surface area contributed by atoms with Gasteiger partial charge in [0.2, 0.25) is 5.91 Å². The fourth-order valence-corrected chi connectivity index (χ4v) is 2.52. The number of ether oxygens (including phenoxy) is 2. The van der Waals surface area contributed by atoms with E-state index in [1.165, 1.54) is 0 Å². The van der Waals surface area contributed by atoms with Gasteiger partial charge in [-0.25, -0.2) is 4.79 Å². The van der Waals surface area contributed by atoms with E-state index in [1.54, 1.807) is 12.0 Å². The van der Waals surface area contributed by atoms with Gasteiger partial charge in [0, 0.05) is 32.5 Å². The van der Waals surface area contributed by atoms with Crippen molar-refractivity contribution in [1.82, 2.24) is 10.2 Å². The summed E-state index contributed by atoms with van der Waals surface area (Å²) in [4.78, 5) is 27.1. The van der Waals surface area contributed by atoms with Gasteiger partial charge < -0.3 is 14.8 Å². The van der Waals surface area contributed by atoms with E-state index in [4.69, 9.17) is 9.47 Å². The molecule has 0 saturated carbocycles. The molecule has 0 aromatic heterocycles. The van der Waals surface area contributed by atoms with Gasteiger partial charge in [-0.1, -0.05) is 12.1 Å². The maximum Gasteiger partial charge on any atom is 0.414 e. The number of nitrogens with one attached hydrogen (secondary N) is 1. The summed E-state index contributed by atoms with van der Waals surface area (Å²) in [7, 11) is 3.58. The molecule has 1 aliphatic rings. The van der Waals surface area contributed by atoms with Gasteiger partial charge >= 0.3 is 6.09 Å². The summed E-state index contributed by atoms with van der Waals surface area (Å²) >= 11 is 0. The van der Waals surface area contributed by atoms with Gasteiger partial charge in [-0.15, -0.1) is 0 Å². The van der Waals surface area contributed by atoms with Crippen LogP contribution in [-0.2, 0) is 20.8 Å². The number of hydrogen-bond donors (Lipinski definition) is 1. The highest BCUT2D eigenvalue weighted by atomic mass is 16.6. The predicted molar refractivity (Wildman–Crippen MR) is 91.0 cm³/mol. The maximum atomic E-state index is 12.0. The van der Waals surface area contributed by atoms with E-state index in [0.717, 1.165) is 24.2 Å². The monoisotopic (exact) mass is 335 g/mol. The van der Waals surface area contributed by atoms with E-state index in [2.05, 4.69) is 5.32 Å². The number of nitrogens with zero attached hydrogens (tertiary/aromatic N) is 2. The van der Waals surface area contributed by atoms with Crippen LogP contribution in [0.1, 0.15) is 12.0 Å². The Morgan fingerprint density at radius 1 is 1.46 bits per heavy atom. The summed E-state index contributed by atoms with van der Waals surface area (Å²) < 4.78 is 9.94. The van der Waals surface area contributed by atoms with Gasteiger partial charge in [0.1, 0.15) is 6.61 Å². The van der Waals surface area contributed by atoms with Crippen molar-refractivity contribution in [2.24, 2.45) is 0 Å². The highest BCUT2D eigenvalue weighted by Gasteiger charge is 2.23. The Kier molecular flexibility index (Phi) is 7.02. The summed E-state index contributed by atoms with van der Waals surface area (Å²) in [6.45, 7) is 3.25. The average molecular weight is 335 g/mol. The zero-order chi connectivity index (χ0) is 17.4. The van der Waals surface area contributed by atoms with Gasteiger partial charge in [-0.3, -0.25) is 14.6 Å². The van der Waals surface area contributed by atoms with E-state index < -0.39 is 0 Å². The summed E-state index contributed by atoms with van der Waals surface area (Å²) in [5, 5.41) is 2.90. The number of carbonyl (C=O) groups is 2. The van der Waals surface area contributed by atoms with Crippen LogP contribution in [0.15, 0.2) is 24.3 Å². The topological polar surface area (TPSA) is 71.1 Å². The van der Waals surface area contributed by atoms with Gasteiger partial charge in [0.15, 0.2) is 0 Å². The van der Waals surface area contributed by atoms with Crippen LogP contribution in [0.25, 0.3) is 0 Å². The summed E-state index contributed by atoms with van der Waals surface area (Å²) in [6, 6.07) is 7.56. The minimum atomic E-state index is -0.325. The molecule has 2 rings (SSSR count). The molecule has 1 heterocycles. The van der Waals surface area contributed by atoms with Crippen molar-refractivity contribution in [3.05, 3.63) is 29.8 Å². The Morgan fingerprint density at radius 3 is 3.00 bits per heavy atom. The number of methoxy groups -OCH3 is 1. The third-order valence-corrected chi connectivity index (χ3v) is 3.77. The molecule has 0 spiro atoms. The number of benzene rings is 1. The predicted octanol–water partition coefficient (Wildman–Crippen LogP) is 1.23. The zero-order valence-corrected chi connectivity index (χ0v) is 14.3. The quantitative estimate of drug-likeness (QED) is 0.687. The smallest absolute Gasteiger partial charge is 0.414 e. The molecule has 1 aliphatic heterocycles. The Bertz CT molecular complexity index is 565. The number of anilines is 1. The Labute approximate surface area is 142 Å². The molecular formula is C17H25N3O4. The van der Waals surface area contributed by atoms with Gasteiger partial charge in [-0.05, 0) is 31.2 Å². The third-order valence-electron chi connectivity index (χ3n) is 3.77. The number of likely N-dealkylation sites (N-methyl/N-ethyl adjacent to an activating group) is 1. The number of cyclic esters (lactones) is 1. The molecule has 0 unspecified atom stereocenters. The maximum absolute atomic E-state index is 12.0. The fraction of sp³-hybridized carbons (Fsp3) is 0.529. The second-order valence-electron chi connectivity index (χ2n) is 5.80. The fourth-order valence-electron chi connectivity index (χ4n) is 2.52. The van der Waals surface area contributed by atoms with E-state index in [-0.39, 0.29) is 12.0 Å². The molecule has 0 aliphatic carbocycles. The normalized spacial score (nSPS) is 14.1. The lowest BCUT2D eigenvalue weighted by atomic mass is 10.2. The summed E-state index contributed by atoms with van der Waals surface area (Å²) in [6.07, 6.45) is 0.572. The highest BCUT2D eigenvalue weighted by molar-refractivity contribution is 5.89. The van der Waals surface area contributed by atoms with Crippen LogP contribution in [-0.4, -0.2) is 63.9 Å². The first-order valence-electron chi connectivity index (χ1n) is 8.07. The third kappa shape index (κ3) is 5.50. The van der Waals surface area contributed by atoms with E-state index in [1.807, 2.05) is 36.2 Å². The van der Waals surface area contributed by atoms with Crippen LogP contribution in [0.4, 0.5) is 10.5 Å². The first kappa shape index (κ1) is 18.2. The van der Waals surface area contributed by atoms with E-state index in [9.17, 15) is 9.59 Å². The van der Waals surface area contributed by atoms with E-state index in [0.29, 0.717) is 32.8 Å². The van der Waals surface area contributed by atoms with Gasteiger partial charge in [0.05, 0.1) is 13.1 Å². The number of rotatable bonds is 9. The summed E-state index contributed by atoms with van der Waals surface area (Å²) in [5.74, 6) is -0.0269. The first-order valence-corrected chi connectivity index (χ1v) is 8.07. The lowest BCUT2D eigenvalue weighted by Crippen LogP contribution is -2.35. The van der Waals surface area contributed by atoms with Crippen LogP contribution in [0.5, 0.6) is 0 Å². The zero-order valence-electron chi connectivity index (χ0n) is 14.3. The second kappa shape index (κ2) is 9.24. The Hall–Kier alpha value is -2.12. The van der Waals surface area contributed by atoms with Crippen LogP contribution in [0, 0.1) is 0 Å². The van der Waals surface area contributed by atoms with Crippen molar-refractivity contribution in [2.45, 2.75) is 13.0 Å². The molecule has 1 aromatic carbocycles. The van der Waals surface area contributed by atoms with Crippen molar-refractivity contribution in [1.29, 1.82) is 0 Å². The first-order chi connectivity index (χ1) is 11.6. The second-order valence-corrected chi connectivity index (χ2v) is 5.80. The molecule has 24 heavy (non-hydrogen) atoms. The minimum absolute atomic E-state index is 0.0269. The lowest BCUT2D eigenvalue weighted by molar-refractivity contribution is -0.122. The van der Waals surface area contributed by atoms with Crippen molar-refractivity contribution in [3.63, 3.8) is 0 Å². The van der Waals surface area contributed by atoms with Crippen LogP contribution < -0.4 is 10.2 Å². The largest absolute Gasteiger partial charge is 0.447 e. The molecule has 7 heteroatoms. The van der Waals surface area contributed by atoms with Crippen LogP contribution in [0.2, 0.25) is 0 Å². The van der Waals surface area contributed by atoms with E-state index >= 15 is 0 Å². The summed E-state index contributed by atoms with van der Waals surface area (Å²) in [5.41, 5.74) is 1.74. The van der Waals surface area contributed by atoms with Crippen molar-refractivity contribution >= 4 is 17.7 Å². The van der Waals surface area contributed by atoms with Gasteiger partial charge in [0.25, 0.3) is 0 Å². The van der Waals surface area contributed by atoms with Crippen molar-refractivity contribution in [2.75, 3.05) is 51.9 Å². The molecule has 0 radical (unpaired) electrons. The molecule has 2 amide bonds. The highest BCUT2D eigenvalue weighted by Crippen LogP contribution is 2.19. The molecule has 0 atom stereocenters. The molecule has 7 nitrogen and oxygen atoms in total. The number of carbonyl (C=O) groups excluding carboxylic acids is 2. The Balaban J connectivity index is 1.79. The van der Waals surface area contributed by atoms with Crippen LogP contribution >= 0.6 is 0 Å². The van der Waals surface area contributed by atoms with Crippen LogP contribution in [0.3, 0.4) is 0 Å². The lowest BCUT2D eigenvalue weighted by Gasteiger charge is -2.16. The minimum Gasteiger partial charge on any atom is -0.447 e. The molecule has 132 valence electrons. The molecule has 1 fully saturated rings. The SMILES string of the molecule is COCCCN(C)CC(=O)NCc1cccc(N2CCOC2=O)c1. The molecular weight excluding hydrogens is 310 g/mol. The van der Waals surface area contributed by atoms with Crippen molar-refractivity contribution in [3.8, 4) is 0 Å². The molecule has 1 aromatic rings. The van der Waals surface area contributed by atoms with Gasteiger partial charge in [-0.2, -0.15) is 0 Å². The number of amides is 2. The molecule has 0 bridgehead atoms. The number of hydrogen-bond acceptors (Lipinski definition) is 5. The standard InChI is InChI=1S/C17H25N3O4/c1-19(7-4-9-23-2)13-16(21)18-12-14-5-3-6-15(11-14)20-8-10-24-17(20)22/h3,5-6,11H,4,7-10,12-13H2,1-2H3,(H,18,21). The van der Waals surface area contributed by atoms with Crippen molar-refractivity contribution < 1.29 is 19.1 Å². The average Bonchev–Trinajstić information content (AvgIpc) is 2.99. The Morgan fingerprint density at radius 2 is 2.29 bits per heavy atom. The molecule has 1 saturated heterocycles.